The third-order valence-corrected chi connectivity index (χ3v) is 2.53. The van der Waals surface area contributed by atoms with Crippen molar-refractivity contribution in [2.75, 3.05) is 32.1 Å². The molecule has 1 amide bonds. The molecule has 0 aliphatic heterocycles. The summed E-state index contributed by atoms with van der Waals surface area (Å²) < 4.78 is 4.81. The second-order valence-corrected chi connectivity index (χ2v) is 4.05. The van der Waals surface area contributed by atoms with E-state index in [0.29, 0.717) is 13.2 Å². The highest BCUT2D eigenvalue weighted by molar-refractivity contribution is 6.33. The predicted octanol–water partition coefficient (Wildman–Crippen LogP) is 1.42. The normalized spacial score (nSPS) is 10.2. The molecule has 8 heteroatoms. The number of methoxy groups -OCH3 is 1. The van der Waals surface area contributed by atoms with Crippen LogP contribution in [0.5, 0.6) is 0 Å². The maximum absolute atomic E-state index is 11.6. The average Bonchev–Trinajstić information content (AvgIpc) is 2.37. The van der Waals surface area contributed by atoms with Crippen molar-refractivity contribution < 1.29 is 14.5 Å². The van der Waals surface area contributed by atoms with Crippen LogP contribution in [-0.4, -0.2) is 37.6 Å². The van der Waals surface area contributed by atoms with Gasteiger partial charge in [-0.1, -0.05) is 11.6 Å². The first-order valence-electron chi connectivity index (χ1n) is 5.48. The van der Waals surface area contributed by atoms with E-state index in [2.05, 4.69) is 10.6 Å². The molecule has 0 saturated heterocycles. The Labute approximate surface area is 115 Å². The largest absolute Gasteiger partial charge is 0.383 e. The zero-order valence-corrected chi connectivity index (χ0v) is 11.1. The summed E-state index contributed by atoms with van der Waals surface area (Å²) in [4.78, 5) is 21.6. The van der Waals surface area contributed by atoms with Crippen molar-refractivity contribution >= 4 is 28.9 Å². The molecule has 0 radical (unpaired) electrons. The second-order valence-electron chi connectivity index (χ2n) is 3.64. The van der Waals surface area contributed by atoms with Gasteiger partial charge < -0.3 is 15.4 Å². The number of amides is 1. The van der Waals surface area contributed by atoms with Gasteiger partial charge in [0, 0.05) is 25.8 Å². The maximum atomic E-state index is 11.6. The lowest BCUT2D eigenvalue weighted by Crippen LogP contribution is -2.30. The molecule has 0 bridgehead atoms. The van der Waals surface area contributed by atoms with E-state index in [9.17, 15) is 14.9 Å². The highest BCUT2D eigenvalue weighted by atomic mass is 35.5. The number of rotatable bonds is 7. The van der Waals surface area contributed by atoms with Gasteiger partial charge in [-0.15, -0.1) is 0 Å². The highest BCUT2D eigenvalue weighted by Crippen LogP contribution is 2.26. The maximum Gasteiger partial charge on any atom is 0.271 e. The van der Waals surface area contributed by atoms with Gasteiger partial charge in [0.25, 0.3) is 5.69 Å². The number of nitrogens with one attached hydrogen (secondary N) is 2. The first kappa shape index (κ1) is 15.4. The summed E-state index contributed by atoms with van der Waals surface area (Å²) in [6, 6.07) is 3.86. The zero-order valence-electron chi connectivity index (χ0n) is 10.3. The number of benzene rings is 1. The fraction of sp³-hybridized carbons (Fsp3) is 0.364. The summed E-state index contributed by atoms with van der Waals surface area (Å²) in [7, 11) is 1.56. The number of hydrogen-bond acceptors (Lipinski definition) is 5. The van der Waals surface area contributed by atoms with Crippen molar-refractivity contribution in [1.82, 2.24) is 5.32 Å². The number of anilines is 1. The van der Waals surface area contributed by atoms with Gasteiger partial charge in [0.2, 0.25) is 5.91 Å². The van der Waals surface area contributed by atoms with Crippen molar-refractivity contribution in [3.8, 4) is 0 Å². The quantitative estimate of drug-likeness (QED) is 0.449. The first-order valence-corrected chi connectivity index (χ1v) is 5.86. The smallest absolute Gasteiger partial charge is 0.271 e. The SMILES string of the molecule is COCCNCC(=O)Nc1cc([N+](=O)[O-])ccc1Cl. The van der Waals surface area contributed by atoms with Crippen LogP contribution in [0.3, 0.4) is 0 Å². The number of hydrogen-bond donors (Lipinski definition) is 2. The Kier molecular flexibility index (Phi) is 6.20. The Hall–Kier alpha value is -1.70. The second kappa shape index (κ2) is 7.67. The minimum Gasteiger partial charge on any atom is -0.383 e. The van der Waals surface area contributed by atoms with Crippen LogP contribution in [0.4, 0.5) is 11.4 Å². The van der Waals surface area contributed by atoms with Gasteiger partial charge in [0.05, 0.1) is 28.8 Å². The van der Waals surface area contributed by atoms with Crippen molar-refractivity contribution in [3.05, 3.63) is 33.3 Å². The Morgan fingerprint density at radius 1 is 1.53 bits per heavy atom. The minimum atomic E-state index is -0.553. The molecule has 0 unspecified atom stereocenters. The van der Waals surface area contributed by atoms with Gasteiger partial charge in [-0.05, 0) is 6.07 Å². The molecule has 0 aliphatic carbocycles. The molecule has 19 heavy (non-hydrogen) atoms. The fourth-order valence-electron chi connectivity index (χ4n) is 1.29. The van der Waals surface area contributed by atoms with Gasteiger partial charge in [-0.25, -0.2) is 0 Å². The van der Waals surface area contributed by atoms with Crippen LogP contribution >= 0.6 is 11.6 Å². The van der Waals surface area contributed by atoms with Crippen LogP contribution in [-0.2, 0) is 9.53 Å². The molecule has 0 aromatic heterocycles. The summed E-state index contributed by atoms with van der Waals surface area (Å²) in [6.45, 7) is 1.10. The van der Waals surface area contributed by atoms with E-state index in [1.807, 2.05) is 0 Å². The van der Waals surface area contributed by atoms with Crippen LogP contribution in [0.2, 0.25) is 5.02 Å². The highest BCUT2D eigenvalue weighted by Gasteiger charge is 2.11. The predicted molar refractivity (Wildman–Crippen MR) is 71.5 cm³/mol. The van der Waals surface area contributed by atoms with Gasteiger partial charge in [-0.2, -0.15) is 0 Å². The molecule has 0 spiro atoms. The number of non-ortho nitro benzene ring substituents is 1. The standard InChI is InChI=1S/C11H14ClN3O4/c1-19-5-4-13-7-11(16)14-10-6-8(15(17)18)2-3-9(10)12/h2-3,6,13H,4-5,7H2,1H3,(H,14,16). The summed E-state index contributed by atoms with van der Waals surface area (Å²) in [5.74, 6) is -0.335. The lowest BCUT2D eigenvalue weighted by Gasteiger charge is -2.08. The number of carbonyl (C=O) groups is 1. The Balaban J connectivity index is 2.58. The molecule has 0 saturated carbocycles. The Bertz CT molecular complexity index is 467. The molecule has 0 atom stereocenters. The lowest BCUT2D eigenvalue weighted by atomic mass is 10.3. The van der Waals surface area contributed by atoms with Gasteiger partial charge in [0.1, 0.15) is 0 Å². The van der Waals surface area contributed by atoms with E-state index >= 15 is 0 Å². The third kappa shape index (κ3) is 5.21. The average molecular weight is 288 g/mol. The Morgan fingerprint density at radius 3 is 2.89 bits per heavy atom. The molecule has 2 N–H and O–H groups in total. The summed E-state index contributed by atoms with van der Waals surface area (Å²) in [6.07, 6.45) is 0. The summed E-state index contributed by atoms with van der Waals surface area (Å²) in [5, 5.41) is 16.2. The molecular weight excluding hydrogens is 274 g/mol. The van der Waals surface area contributed by atoms with Crippen LogP contribution in [0.25, 0.3) is 0 Å². The number of ether oxygens (including phenoxy) is 1. The van der Waals surface area contributed by atoms with E-state index in [1.54, 1.807) is 7.11 Å². The molecule has 0 heterocycles. The van der Waals surface area contributed by atoms with E-state index in [1.165, 1.54) is 18.2 Å². The number of halogens is 1. The molecule has 1 aromatic carbocycles. The minimum absolute atomic E-state index is 0.0718. The fourth-order valence-corrected chi connectivity index (χ4v) is 1.46. The van der Waals surface area contributed by atoms with Crippen LogP contribution in [0.1, 0.15) is 0 Å². The van der Waals surface area contributed by atoms with Gasteiger partial charge in [-0.3, -0.25) is 14.9 Å². The molecule has 1 rings (SSSR count). The van der Waals surface area contributed by atoms with Crippen molar-refractivity contribution in [2.24, 2.45) is 0 Å². The molecular formula is C11H14ClN3O4. The molecule has 1 aromatic rings. The molecule has 7 nitrogen and oxygen atoms in total. The topological polar surface area (TPSA) is 93.5 Å². The van der Waals surface area contributed by atoms with Gasteiger partial charge >= 0.3 is 0 Å². The van der Waals surface area contributed by atoms with E-state index in [4.69, 9.17) is 16.3 Å². The number of carbonyl (C=O) groups excluding carboxylic acids is 1. The molecule has 104 valence electrons. The van der Waals surface area contributed by atoms with Crippen molar-refractivity contribution in [1.29, 1.82) is 0 Å². The zero-order chi connectivity index (χ0) is 14.3. The van der Waals surface area contributed by atoms with E-state index in [0.717, 1.165) is 0 Å². The summed E-state index contributed by atoms with van der Waals surface area (Å²) >= 11 is 5.85. The van der Waals surface area contributed by atoms with E-state index in [-0.39, 0.29) is 28.8 Å². The number of nitro groups is 1. The lowest BCUT2D eigenvalue weighted by molar-refractivity contribution is -0.384. The van der Waals surface area contributed by atoms with E-state index < -0.39 is 4.92 Å². The Morgan fingerprint density at radius 2 is 2.26 bits per heavy atom. The van der Waals surface area contributed by atoms with Crippen LogP contribution in [0, 0.1) is 10.1 Å². The first-order chi connectivity index (χ1) is 9.04. The van der Waals surface area contributed by atoms with Crippen LogP contribution < -0.4 is 10.6 Å². The monoisotopic (exact) mass is 287 g/mol. The van der Waals surface area contributed by atoms with Crippen molar-refractivity contribution in [3.63, 3.8) is 0 Å². The summed E-state index contributed by atoms with van der Waals surface area (Å²) in [5.41, 5.74) is 0.0847. The number of nitro benzene ring substituents is 1. The third-order valence-electron chi connectivity index (χ3n) is 2.20. The van der Waals surface area contributed by atoms with Crippen molar-refractivity contribution in [2.45, 2.75) is 0 Å². The van der Waals surface area contributed by atoms with Crippen LogP contribution in [0.15, 0.2) is 18.2 Å². The molecule has 0 aliphatic rings. The number of nitrogens with zero attached hydrogens (tertiary/aromatic N) is 1. The van der Waals surface area contributed by atoms with Gasteiger partial charge in [0.15, 0.2) is 0 Å². The molecule has 0 fully saturated rings.